The average Bonchev–Trinajstić information content (AvgIpc) is 2.79. The number of halogens is 1. The number of hydrogen-bond acceptors (Lipinski definition) is 3. The fraction of sp³-hybridized carbons (Fsp3) is 0.588. The molecule has 1 aromatic carbocycles. The van der Waals surface area contributed by atoms with Gasteiger partial charge < -0.3 is 4.74 Å². The molecule has 1 aromatic rings. The van der Waals surface area contributed by atoms with E-state index in [1.165, 1.54) is 5.56 Å². The van der Waals surface area contributed by atoms with Crippen LogP contribution >= 0.6 is 15.9 Å². The van der Waals surface area contributed by atoms with Gasteiger partial charge >= 0.3 is 5.97 Å². The summed E-state index contributed by atoms with van der Waals surface area (Å²) in [6.07, 6.45) is 3.85. The van der Waals surface area contributed by atoms with Crippen molar-refractivity contribution in [1.82, 2.24) is 4.90 Å². The van der Waals surface area contributed by atoms with Crippen molar-refractivity contribution in [1.29, 1.82) is 0 Å². The Balaban J connectivity index is 1.56. The Labute approximate surface area is 134 Å². The number of hydrogen-bond donors (Lipinski definition) is 0. The van der Waals surface area contributed by atoms with Crippen molar-refractivity contribution in [3.63, 3.8) is 0 Å². The second kappa shape index (κ2) is 6.49. The Hall–Kier alpha value is -0.870. The first-order valence-corrected chi connectivity index (χ1v) is 8.87. The van der Waals surface area contributed by atoms with Crippen LogP contribution in [0, 0.1) is 5.41 Å². The van der Waals surface area contributed by atoms with Gasteiger partial charge in [-0.1, -0.05) is 46.3 Å². The van der Waals surface area contributed by atoms with Crippen molar-refractivity contribution in [3.05, 3.63) is 35.9 Å². The summed E-state index contributed by atoms with van der Waals surface area (Å²) in [7, 11) is 0. The van der Waals surface area contributed by atoms with Gasteiger partial charge in [-0.05, 0) is 37.9 Å². The van der Waals surface area contributed by atoms with Gasteiger partial charge in [0.25, 0.3) is 0 Å². The molecule has 0 saturated carbocycles. The first-order valence-electron chi connectivity index (χ1n) is 7.75. The smallest absolute Gasteiger partial charge is 0.312 e. The molecule has 0 aromatic heterocycles. The minimum atomic E-state index is -0.194. The molecular weight excluding hydrogens is 330 g/mol. The first-order chi connectivity index (χ1) is 10.2. The molecule has 3 nitrogen and oxygen atoms in total. The number of alkyl halides is 1. The lowest BCUT2D eigenvalue weighted by Crippen LogP contribution is -2.42. The van der Waals surface area contributed by atoms with Crippen LogP contribution in [0.2, 0.25) is 0 Å². The molecule has 1 spiro atoms. The van der Waals surface area contributed by atoms with Gasteiger partial charge in [-0.2, -0.15) is 0 Å². The van der Waals surface area contributed by atoms with E-state index in [9.17, 15) is 4.79 Å². The van der Waals surface area contributed by atoms with Crippen LogP contribution in [-0.2, 0) is 16.1 Å². The number of rotatable bonds is 4. The van der Waals surface area contributed by atoms with E-state index in [-0.39, 0.29) is 17.5 Å². The lowest BCUT2D eigenvalue weighted by Gasteiger charge is -2.36. The zero-order chi connectivity index (χ0) is 14.7. The Morgan fingerprint density at radius 3 is 2.62 bits per heavy atom. The summed E-state index contributed by atoms with van der Waals surface area (Å²) in [4.78, 5) is 14.7. The third-order valence-corrected chi connectivity index (χ3v) is 5.28. The third-order valence-electron chi connectivity index (χ3n) is 4.82. The zero-order valence-corrected chi connectivity index (χ0v) is 13.8. The van der Waals surface area contributed by atoms with E-state index in [0.717, 1.165) is 50.6 Å². The maximum Gasteiger partial charge on any atom is 0.312 e. The predicted molar refractivity (Wildman–Crippen MR) is 86.3 cm³/mol. The molecule has 2 saturated heterocycles. The van der Waals surface area contributed by atoms with E-state index in [1.54, 1.807) is 0 Å². The fourth-order valence-corrected chi connectivity index (χ4v) is 4.02. The Morgan fingerprint density at radius 1 is 1.24 bits per heavy atom. The Morgan fingerprint density at radius 2 is 1.95 bits per heavy atom. The van der Waals surface area contributed by atoms with Crippen LogP contribution in [0.3, 0.4) is 0 Å². The number of esters is 1. The van der Waals surface area contributed by atoms with E-state index in [0.29, 0.717) is 0 Å². The SMILES string of the molecule is O=C1O[C@H](CCBr)CC12CCN(Cc1ccccc1)CC2. The first kappa shape index (κ1) is 15.0. The topological polar surface area (TPSA) is 29.5 Å². The molecule has 0 unspecified atom stereocenters. The Kier molecular flexibility index (Phi) is 4.65. The number of carbonyl (C=O) groups is 1. The molecule has 2 aliphatic heterocycles. The van der Waals surface area contributed by atoms with Gasteiger partial charge in [0, 0.05) is 18.3 Å². The molecule has 21 heavy (non-hydrogen) atoms. The summed E-state index contributed by atoms with van der Waals surface area (Å²) in [5, 5.41) is 0.904. The number of cyclic esters (lactones) is 1. The molecule has 4 heteroatoms. The van der Waals surface area contributed by atoms with Gasteiger partial charge in [-0.15, -0.1) is 0 Å². The lowest BCUT2D eigenvalue weighted by atomic mass is 9.76. The van der Waals surface area contributed by atoms with Crippen molar-refractivity contribution >= 4 is 21.9 Å². The van der Waals surface area contributed by atoms with Gasteiger partial charge in [0.2, 0.25) is 0 Å². The van der Waals surface area contributed by atoms with Gasteiger partial charge in [-0.25, -0.2) is 0 Å². The summed E-state index contributed by atoms with van der Waals surface area (Å²) < 4.78 is 5.56. The van der Waals surface area contributed by atoms with Gasteiger partial charge in [0.15, 0.2) is 0 Å². The van der Waals surface area contributed by atoms with E-state index in [2.05, 4.69) is 45.1 Å². The van der Waals surface area contributed by atoms with Crippen LogP contribution in [0.25, 0.3) is 0 Å². The normalized spacial score (nSPS) is 25.2. The second-order valence-corrected chi connectivity index (χ2v) is 7.04. The van der Waals surface area contributed by atoms with Crippen LogP contribution in [-0.4, -0.2) is 35.4 Å². The van der Waals surface area contributed by atoms with Crippen molar-refractivity contribution in [3.8, 4) is 0 Å². The maximum absolute atomic E-state index is 12.2. The molecule has 0 bridgehead atoms. The average molecular weight is 352 g/mol. The summed E-state index contributed by atoms with van der Waals surface area (Å²) in [6.45, 7) is 2.97. The van der Waals surface area contributed by atoms with Crippen molar-refractivity contribution in [2.45, 2.75) is 38.3 Å². The van der Waals surface area contributed by atoms with Crippen molar-refractivity contribution in [2.75, 3.05) is 18.4 Å². The number of piperidine rings is 1. The number of ether oxygens (including phenoxy) is 1. The monoisotopic (exact) mass is 351 g/mol. The molecule has 3 rings (SSSR count). The molecule has 2 heterocycles. The van der Waals surface area contributed by atoms with Crippen molar-refractivity contribution < 1.29 is 9.53 Å². The summed E-state index contributed by atoms with van der Waals surface area (Å²) in [6, 6.07) is 10.5. The molecule has 0 radical (unpaired) electrons. The second-order valence-electron chi connectivity index (χ2n) is 6.25. The quantitative estimate of drug-likeness (QED) is 0.615. The van der Waals surface area contributed by atoms with Crippen LogP contribution in [0.5, 0.6) is 0 Å². The van der Waals surface area contributed by atoms with E-state index < -0.39 is 0 Å². The van der Waals surface area contributed by atoms with Gasteiger partial charge in [-0.3, -0.25) is 9.69 Å². The van der Waals surface area contributed by atoms with Crippen LogP contribution in [0.4, 0.5) is 0 Å². The third kappa shape index (κ3) is 3.32. The van der Waals surface area contributed by atoms with Gasteiger partial charge in [0.05, 0.1) is 5.41 Å². The Bertz CT molecular complexity index is 483. The highest BCUT2D eigenvalue weighted by Crippen LogP contribution is 2.44. The number of likely N-dealkylation sites (tertiary alicyclic amines) is 1. The number of nitrogens with zero attached hydrogens (tertiary/aromatic N) is 1. The number of benzene rings is 1. The van der Waals surface area contributed by atoms with Gasteiger partial charge in [0.1, 0.15) is 6.10 Å². The summed E-state index contributed by atoms with van der Waals surface area (Å²) >= 11 is 3.44. The lowest BCUT2D eigenvalue weighted by molar-refractivity contribution is -0.150. The number of carbonyl (C=O) groups excluding carboxylic acids is 1. The molecular formula is C17H22BrNO2. The largest absolute Gasteiger partial charge is 0.462 e. The highest BCUT2D eigenvalue weighted by atomic mass is 79.9. The highest BCUT2D eigenvalue weighted by molar-refractivity contribution is 9.09. The van der Waals surface area contributed by atoms with E-state index in [1.807, 2.05) is 6.07 Å². The molecule has 2 fully saturated rings. The van der Waals surface area contributed by atoms with Crippen LogP contribution in [0.1, 0.15) is 31.2 Å². The molecule has 0 aliphatic carbocycles. The zero-order valence-electron chi connectivity index (χ0n) is 12.3. The predicted octanol–water partition coefficient (Wildman–Crippen LogP) is 3.37. The standard InChI is InChI=1S/C17H22BrNO2/c18-9-6-15-12-17(16(20)21-15)7-10-19(11-8-17)13-14-4-2-1-3-5-14/h1-5,15H,6-13H2/t15-/m1/s1. The van der Waals surface area contributed by atoms with E-state index in [4.69, 9.17) is 4.74 Å². The molecule has 0 N–H and O–H groups in total. The molecule has 1 atom stereocenters. The summed E-state index contributed by atoms with van der Waals surface area (Å²) in [5.74, 6) is 0.0489. The van der Waals surface area contributed by atoms with E-state index >= 15 is 0 Å². The van der Waals surface area contributed by atoms with Crippen LogP contribution in [0.15, 0.2) is 30.3 Å². The molecule has 2 aliphatic rings. The highest BCUT2D eigenvalue weighted by Gasteiger charge is 2.49. The molecule has 0 amide bonds. The fourth-order valence-electron chi connectivity index (χ4n) is 3.51. The maximum atomic E-state index is 12.2. The summed E-state index contributed by atoms with van der Waals surface area (Å²) in [5.41, 5.74) is 1.15. The van der Waals surface area contributed by atoms with Crippen LogP contribution < -0.4 is 0 Å². The minimum absolute atomic E-state index is 0.0489. The van der Waals surface area contributed by atoms with Crippen molar-refractivity contribution in [2.24, 2.45) is 5.41 Å². The minimum Gasteiger partial charge on any atom is -0.462 e. The molecule has 114 valence electrons.